The molecule has 20 heavy (non-hydrogen) atoms. The van der Waals surface area contributed by atoms with Gasteiger partial charge in [0, 0.05) is 23.4 Å². The Balaban J connectivity index is 2.64. The minimum absolute atomic E-state index is 0.825. The van der Waals surface area contributed by atoms with Gasteiger partial charge in [-0.2, -0.15) is 0 Å². The number of aromatic nitrogens is 2. The summed E-state index contributed by atoms with van der Waals surface area (Å²) in [5, 5.41) is 3.37. The summed E-state index contributed by atoms with van der Waals surface area (Å²) in [7, 11) is 0. The van der Waals surface area contributed by atoms with Crippen molar-refractivity contribution in [3.8, 4) is 11.4 Å². The molecule has 0 saturated carbocycles. The van der Waals surface area contributed by atoms with Gasteiger partial charge in [0.15, 0.2) is 5.82 Å². The zero-order chi connectivity index (χ0) is 14.7. The van der Waals surface area contributed by atoms with Gasteiger partial charge in [-0.1, -0.05) is 25.1 Å². The Morgan fingerprint density at radius 1 is 1.00 bits per heavy atom. The van der Waals surface area contributed by atoms with Crippen LogP contribution in [-0.4, -0.2) is 16.5 Å². The number of aryl methyl sites for hydroxylation is 3. The second kappa shape index (κ2) is 6.04. The second-order valence-electron chi connectivity index (χ2n) is 5.11. The Morgan fingerprint density at radius 3 is 2.20 bits per heavy atom. The number of benzene rings is 1. The first kappa shape index (κ1) is 14.5. The van der Waals surface area contributed by atoms with Crippen LogP contribution in [0.5, 0.6) is 0 Å². The van der Waals surface area contributed by atoms with E-state index in [0.29, 0.717) is 0 Å². The summed E-state index contributed by atoms with van der Waals surface area (Å²) in [6, 6.07) is 6.30. The predicted octanol–water partition coefficient (Wildman–Crippen LogP) is 4.06. The van der Waals surface area contributed by atoms with E-state index in [-0.39, 0.29) is 0 Å². The molecule has 0 atom stereocenters. The third-order valence-corrected chi connectivity index (χ3v) is 3.62. The topological polar surface area (TPSA) is 37.8 Å². The first-order valence-corrected chi connectivity index (χ1v) is 7.26. The van der Waals surface area contributed by atoms with Crippen molar-refractivity contribution in [2.75, 3.05) is 11.9 Å². The van der Waals surface area contributed by atoms with Crippen molar-refractivity contribution in [3.05, 3.63) is 40.6 Å². The van der Waals surface area contributed by atoms with Crippen molar-refractivity contribution in [2.45, 2.75) is 41.0 Å². The van der Waals surface area contributed by atoms with Crippen molar-refractivity contribution in [1.82, 2.24) is 9.97 Å². The molecule has 1 N–H and O–H groups in total. The summed E-state index contributed by atoms with van der Waals surface area (Å²) in [6.45, 7) is 11.4. The molecule has 0 amide bonds. The van der Waals surface area contributed by atoms with E-state index in [1.54, 1.807) is 0 Å². The zero-order valence-electron chi connectivity index (χ0n) is 13.0. The lowest BCUT2D eigenvalue weighted by Gasteiger charge is -2.15. The van der Waals surface area contributed by atoms with Gasteiger partial charge in [0.2, 0.25) is 0 Å². The van der Waals surface area contributed by atoms with Gasteiger partial charge in [-0.3, -0.25) is 0 Å². The summed E-state index contributed by atoms with van der Waals surface area (Å²) >= 11 is 0. The first-order valence-electron chi connectivity index (χ1n) is 7.26. The summed E-state index contributed by atoms with van der Waals surface area (Å²) in [4.78, 5) is 9.49. The molecule has 0 aliphatic carbocycles. The van der Waals surface area contributed by atoms with Crippen LogP contribution in [0.2, 0.25) is 0 Å². The van der Waals surface area contributed by atoms with Crippen LogP contribution < -0.4 is 5.32 Å². The number of nitrogens with zero attached hydrogens (tertiary/aromatic N) is 2. The minimum atomic E-state index is 0.825. The Labute approximate surface area is 121 Å². The van der Waals surface area contributed by atoms with Crippen molar-refractivity contribution < 1.29 is 0 Å². The smallest absolute Gasteiger partial charge is 0.162 e. The molecule has 1 aromatic heterocycles. The maximum Gasteiger partial charge on any atom is 0.162 e. The minimum Gasteiger partial charge on any atom is -0.370 e. The van der Waals surface area contributed by atoms with Crippen LogP contribution in [0.1, 0.15) is 36.2 Å². The third kappa shape index (κ3) is 2.67. The van der Waals surface area contributed by atoms with E-state index in [2.05, 4.69) is 58.1 Å². The highest BCUT2D eigenvalue weighted by Gasteiger charge is 2.14. The number of anilines is 1. The highest BCUT2D eigenvalue weighted by Crippen LogP contribution is 2.27. The number of hydrogen-bond donors (Lipinski definition) is 1. The van der Waals surface area contributed by atoms with E-state index in [9.17, 15) is 0 Å². The molecule has 3 heteroatoms. The highest BCUT2D eigenvalue weighted by molar-refractivity contribution is 5.66. The number of nitrogens with one attached hydrogen (secondary N) is 1. The van der Waals surface area contributed by atoms with Crippen LogP contribution in [0, 0.1) is 20.8 Å². The van der Waals surface area contributed by atoms with E-state index < -0.39 is 0 Å². The molecule has 1 aromatic carbocycles. The molecule has 0 spiro atoms. The normalized spacial score (nSPS) is 10.7. The van der Waals surface area contributed by atoms with Gasteiger partial charge in [-0.25, -0.2) is 9.97 Å². The number of rotatable bonds is 4. The molecule has 0 aliphatic heterocycles. The van der Waals surface area contributed by atoms with Gasteiger partial charge >= 0.3 is 0 Å². The van der Waals surface area contributed by atoms with Crippen LogP contribution in [0.3, 0.4) is 0 Å². The van der Waals surface area contributed by atoms with Crippen molar-refractivity contribution >= 4 is 5.82 Å². The van der Waals surface area contributed by atoms with E-state index >= 15 is 0 Å². The van der Waals surface area contributed by atoms with Gasteiger partial charge in [0.1, 0.15) is 5.82 Å². The SMILES string of the molecule is CCNc1nc(-c2c(C)cccc2C)nc(C)c1CC. The summed E-state index contributed by atoms with van der Waals surface area (Å²) in [5.41, 5.74) is 5.86. The Morgan fingerprint density at radius 2 is 1.65 bits per heavy atom. The molecule has 3 nitrogen and oxygen atoms in total. The molecule has 0 bridgehead atoms. The van der Waals surface area contributed by atoms with E-state index in [1.807, 2.05) is 0 Å². The average Bonchev–Trinajstić information content (AvgIpc) is 2.38. The Bertz CT molecular complexity index is 598. The molecule has 0 radical (unpaired) electrons. The van der Waals surface area contributed by atoms with Crippen molar-refractivity contribution in [2.24, 2.45) is 0 Å². The van der Waals surface area contributed by atoms with Crippen LogP contribution in [0.4, 0.5) is 5.82 Å². The van der Waals surface area contributed by atoms with Gasteiger partial charge < -0.3 is 5.32 Å². The quantitative estimate of drug-likeness (QED) is 0.909. The fourth-order valence-electron chi connectivity index (χ4n) is 2.61. The summed E-state index contributed by atoms with van der Waals surface area (Å²) in [6.07, 6.45) is 0.946. The largest absolute Gasteiger partial charge is 0.370 e. The monoisotopic (exact) mass is 269 g/mol. The van der Waals surface area contributed by atoms with E-state index in [0.717, 1.165) is 35.9 Å². The summed E-state index contributed by atoms with van der Waals surface area (Å²) < 4.78 is 0. The molecular formula is C17H23N3. The third-order valence-electron chi connectivity index (χ3n) is 3.62. The lowest BCUT2D eigenvalue weighted by atomic mass is 10.0. The molecule has 0 unspecified atom stereocenters. The van der Waals surface area contributed by atoms with E-state index in [1.165, 1.54) is 16.7 Å². The lowest BCUT2D eigenvalue weighted by molar-refractivity contribution is 0.987. The van der Waals surface area contributed by atoms with Gasteiger partial charge in [-0.15, -0.1) is 0 Å². The van der Waals surface area contributed by atoms with Crippen LogP contribution in [0.15, 0.2) is 18.2 Å². The molecule has 2 rings (SSSR count). The standard InChI is InChI=1S/C17H23N3/c1-6-14-13(5)19-17(20-16(14)18-7-2)15-11(3)9-8-10-12(15)4/h8-10H,6-7H2,1-5H3,(H,18,19,20). The van der Waals surface area contributed by atoms with E-state index in [4.69, 9.17) is 9.97 Å². The Kier molecular flexibility index (Phi) is 4.38. The fraction of sp³-hybridized carbons (Fsp3) is 0.412. The average molecular weight is 269 g/mol. The maximum atomic E-state index is 4.76. The van der Waals surface area contributed by atoms with Gasteiger partial charge in [0.25, 0.3) is 0 Å². The fourth-order valence-corrected chi connectivity index (χ4v) is 2.61. The molecule has 1 heterocycles. The summed E-state index contributed by atoms with van der Waals surface area (Å²) in [5.74, 6) is 1.80. The molecular weight excluding hydrogens is 246 g/mol. The molecule has 0 fully saturated rings. The van der Waals surface area contributed by atoms with Gasteiger partial charge in [-0.05, 0) is 45.2 Å². The first-order chi connectivity index (χ1) is 9.58. The molecule has 2 aromatic rings. The molecule has 0 saturated heterocycles. The van der Waals surface area contributed by atoms with Crippen molar-refractivity contribution in [1.29, 1.82) is 0 Å². The van der Waals surface area contributed by atoms with Crippen LogP contribution in [0.25, 0.3) is 11.4 Å². The second-order valence-corrected chi connectivity index (χ2v) is 5.11. The molecule has 106 valence electrons. The molecule has 0 aliphatic rings. The zero-order valence-corrected chi connectivity index (χ0v) is 13.0. The predicted molar refractivity (Wildman–Crippen MR) is 85.2 cm³/mol. The van der Waals surface area contributed by atoms with Crippen LogP contribution >= 0.6 is 0 Å². The maximum absolute atomic E-state index is 4.76. The highest BCUT2D eigenvalue weighted by atomic mass is 15.0. The lowest BCUT2D eigenvalue weighted by Crippen LogP contribution is -2.08. The van der Waals surface area contributed by atoms with Crippen molar-refractivity contribution in [3.63, 3.8) is 0 Å². The van der Waals surface area contributed by atoms with Gasteiger partial charge in [0.05, 0.1) is 0 Å². The number of hydrogen-bond acceptors (Lipinski definition) is 3. The Hall–Kier alpha value is -1.90. The van der Waals surface area contributed by atoms with Crippen LogP contribution in [-0.2, 0) is 6.42 Å².